The molecule has 0 aliphatic heterocycles. The Bertz CT molecular complexity index is 570. The molecule has 0 atom stereocenters. The molecule has 2 aromatic rings. The normalized spacial score (nSPS) is 9.95. The van der Waals surface area contributed by atoms with Crippen molar-refractivity contribution in [1.29, 1.82) is 0 Å². The van der Waals surface area contributed by atoms with E-state index < -0.39 is 4.92 Å². The van der Waals surface area contributed by atoms with Crippen molar-refractivity contribution in [3.05, 3.63) is 64.2 Å². The van der Waals surface area contributed by atoms with Crippen molar-refractivity contribution in [3.63, 3.8) is 0 Å². The van der Waals surface area contributed by atoms with Crippen LogP contribution in [0.15, 0.2) is 48.5 Å². The quantitative estimate of drug-likeness (QED) is 0.660. The van der Waals surface area contributed by atoms with Gasteiger partial charge in [0.15, 0.2) is 0 Å². The molecular formula is C14H14N2O3. The van der Waals surface area contributed by atoms with E-state index in [1.165, 1.54) is 6.07 Å². The molecule has 2 rings (SSSR count). The number of benzene rings is 2. The number of nitrogens with one attached hydrogen (secondary N) is 1. The van der Waals surface area contributed by atoms with Crippen LogP contribution in [0.2, 0.25) is 0 Å². The topological polar surface area (TPSA) is 64.4 Å². The van der Waals surface area contributed by atoms with Gasteiger partial charge in [-0.3, -0.25) is 10.1 Å². The van der Waals surface area contributed by atoms with E-state index in [4.69, 9.17) is 4.74 Å². The van der Waals surface area contributed by atoms with Gasteiger partial charge in [0.05, 0.1) is 4.92 Å². The van der Waals surface area contributed by atoms with Crippen LogP contribution in [0.25, 0.3) is 0 Å². The van der Waals surface area contributed by atoms with E-state index in [0.717, 1.165) is 11.3 Å². The van der Waals surface area contributed by atoms with Crippen molar-refractivity contribution in [2.24, 2.45) is 0 Å². The number of hydrogen-bond donors (Lipinski definition) is 1. The molecule has 19 heavy (non-hydrogen) atoms. The molecular weight excluding hydrogens is 244 g/mol. The summed E-state index contributed by atoms with van der Waals surface area (Å²) in [5.41, 5.74) is 1.31. The van der Waals surface area contributed by atoms with Crippen LogP contribution in [-0.4, -0.2) is 12.0 Å². The second kappa shape index (κ2) is 5.86. The van der Waals surface area contributed by atoms with E-state index in [0.29, 0.717) is 12.3 Å². The Morgan fingerprint density at radius 3 is 2.58 bits per heavy atom. The van der Waals surface area contributed by atoms with Crippen molar-refractivity contribution in [1.82, 2.24) is 0 Å². The first-order valence-corrected chi connectivity index (χ1v) is 5.83. The highest BCUT2D eigenvalue weighted by Gasteiger charge is 2.13. The predicted molar refractivity (Wildman–Crippen MR) is 73.4 cm³/mol. The van der Waals surface area contributed by atoms with E-state index in [1.54, 1.807) is 13.1 Å². The van der Waals surface area contributed by atoms with Gasteiger partial charge in [-0.1, -0.05) is 24.3 Å². The largest absolute Gasteiger partial charge is 0.489 e. The Labute approximate surface area is 111 Å². The summed E-state index contributed by atoms with van der Waals surface area (Å²) < 4.78 is 5.56. The minimum atomic E-state index is -0.405. The number of nitro groups is 1. The Morgan fingerprint density at radius 1 is 1.21 bits per heavy atom. The van der Waals surface area contributed by atoms with Crippen molar-refractivity contribution in [2.75, 3.05) is 12.4 Å². The fourth-order valence-electron chi connectivity index (χ4n) is 1.71. The first-order valence-electron chi connectivity index (χ1n) is 5.83. The lowest BCUT2D eigenvalue weighted by atomic mass is 10.2. The van der Waals surface area contributed by atoms with Crippen LogP contribution in [0.1, 0.15) is 5.56 Å². The predicted octanol–water partition coefficient (Wildman–Crippen LogP) is 3.22. The van der Waals surface area contributed by atoms with Crippen molar-refractivity contribution in [3.8, 4) is 5.75 Å². The fourth-order valence-corrected chi connectivity index (χ4v) is 1.71. The molecule has 0 aliphatic carbocycles. The molecule has 1 N–H and O–H groups in total. The van der Waals surface area contributed by atoms with Crippen LogP contribution in [0.3, 0.4) is 0 Å². The first kappa shape index (κ1) is 12.9. The van der Waals surface area contributed by atoms with Gasteiger partial charge < -0.3 is 10.1 Å². The van der Waals surface area contributed by atoms with Gasteiger partial charge in [-0.15, -0.1) is 0 Å². The zero-order valence-electron chi connectivity index (χ0n) is 10.5. The molecule has 0 aromatic heterocycles. The minimum Gasteiger partial charge on any atom is -0.489 e. The Balaban J connectivity index is 2.13. The second-order valence-corrected chi connectivity index (χ2v) is 3.96. The minimum absolute atomic E-state index is 0.0525. The smallest absolute Gasteiger partial charge is 0.292 e. The third-order valence-corrected chi connectivity index (χ3v) is 2.68. The molecule has 5 nitrogen and oxygen atoms in total. The molecule has 0 bridgehead atoms. The van der Waals surface area contributed by atoms with E-state index in [2.05, 4.69) is 5.32 Å². The fraction of sp³-hybridized carbons (Fsp3) is 0.143. The maximum atomic E-state index is 10.9. The second-order valence-electron chi connectivity index (χ2n) is 3.96. The van der Waals surface area contributed by atoms with Crippen LogP contribution in [0.5, 0.6) is 5.75 Å². The molecule has 0 saturated carbocycles. The van der Waals surface area contributed by atoms with Crippen LogP contribution in [-0.2, 0) is 6.61 Å². The number of ether oxygens (including phenoxy) is 1. The van der Waals surface area contributed by atoms with E-state index in [1.807, 2.05) is 36.4 Å². The number of nitro benzene ring substituents is 1. The summed E-state index contributed by atoms with van der Waals surface area (Å²) in [7, 11) is 1.66. The summed E-state index contributed by atoms with van der Waals surface area (Å²) in [6.45, 7) is 0.300. The molecule has 0 heterocycles. The number of hydrogen-bond acceptors (Lipinski definition) is 4. The van der Waals surface area contributed by atoms with Crippen LogP contribution >= 0.6 is 0 Å². The molecule has 0 unspecified atom stereocenters. The highest BCUT2D eigenvalue weighted by molar-refractivity contribution is 5.62. The zero-order chi connectivity index (χ0) is 13.7. The monoisotopic (exact) mass is 258 g/mol. The summed E-state index contributed by atoms with van der Waals surface area (Å²) >= 11 is 0. The molecule has 98 valence electrons. The average Bonchev–Trinajstić information content (AvgIpc) is 2.46. The summed E-state index contributed by atoms with van der Waals surface area (Å²) in [5.74, 6) is 0.739. The lowest BCUT2D eigenvalue weighted by Crippen LogP contribution is -2.00. The van der Waals surface area contributed by atoms with Crippen LogP contribution < -0.4 is 10.1 Å². The lowest BCUT2D eigenvalue weighted by Gasteiger charge is -2.07. The number of anilines is 1. The van der Waals surface area contributed by atoms with Crippen molar-refractivity contribution < 1.29 is 9.66 Å². The Morgan fingerprint density at radius 2 is 1.95 bits per heavy atom. The lowest BCUT2D eigenvalue weighted by molar-refractivity contribution is -0.384. The Kier molecular flexibility index (Phi) is 3.97. The van der Waals surface area contributed by atoms with Gasteiger partial charge in [0.2, 0.25) is 0 Å². The van der Waals surface area contributed by atoms with Gasteiger partial charge >= 0.3 is 0 Å². The Hall–Kier alpha value is -2.56. The van der Waals surface area contributed by atoms with Gasteiger partial charge in [0.25, 0.3) is 5.69 Å². The third-order valence-electron chi connectivity index (χ3n) is 2.68. The van der Waals surface area contributed by atoms with Gasteiger partial charge in [-0.05, 0) is 23.8 Å². The van der Waals surface area contributed by atoms with E-state index in [9.17, 15) is 10.1 Å². The SMILES string of the molecule is CNc1ccc(COc2ccccc2)cc1[N+](=O)[O-]. The van der Waals surface area contributed by atoms with Gasteiger partial charge in [-0.2, -0.15) is 0 Å². The summed E-state index contributed by atoms with van der Waals surface area (Å²) in [5, 5.41) is 13.7. The molecule has 0 fully saturated rings. The summed E-state index contributed by atoms with van der Waals surface area (Å²) in [6.07, 6.45) is 0. The van der Waals surface area contributed by atoms with Gasteiger partial charge in [0.1, 0.15) is 18.0 Å². The maximum absolute atomic E-state index is 10.9. The highest BCUT2D eigenvalue weighted by atomic mass is 16.6. The average molecular weight is 258 g/mol. The summed E-state index contributed by atoms with van der Waals surface area (Å²) in [6, 6.07) is 14.4. The van der Waals surface area contributed by atoms with E-state index in [-0.39, 0.29) is 5.69 Å². The third kappa shape index (κ3) is 3.22. The van der Waals surface area contributed by atoms with Gasteiger partial charge in [0, 0.05) is 13.1 Å². The van der Waals surface area contributed by atoms with Crippen molar-refractivity contribution >= 4 is 11.4 Å². The standard InChI is InChI=1S/C14H14N2O3/c1-15-13-8-7-11(9-14(13)16(17)18)10-19-12-5-3-2-4-6-12/h2-9,15H,10H2,1H3. The first-order chi connectivity index (χ1) is 9.20. The molecule has 5 heteroatoms. The number of nitrogens with zero attached hydrogens (tertiary/aromatic N) is 1. The van der Waals surface area contributed by atoms with Gasteiger partial charge in [-0.25, -0.2) is 0 Å². The highest BCUT2D eigenvalue weighted by Crippen LogP contribution is 2.25. The molecule has 0 saturated heterocycles. The number of rotatable bonds is 5. The molecule has 0 spiro atoms. The maximum Gasteiger partial charge on any atom is 0.292 e. The molecule has 0 radical (unpaired) electrons. The molecule has 0 aliphatic rings. The molecule has 2 aromatic carbocycles. The van der Waals surface area contributed by atoms with Crippen molar-refractivity contribution in [2.45, 2.75) is 6.61 Å². The van der Waals surface area contributed by atoms with Crippen LogP contribution in [0.4, 0.5) is 11.4 Å². The van der Waals surface area contributed by atoms with Crippen LogP contribution in [0, 0.1) is 10.1 Å². The van der Waals surface area contributed by atoms with E-state index >= 15 is 0 Å². The zero-order valence-corrected chi connectivity index (χ0v) is 10.5. The number of para-hydroxylation sites is 1. The molecule has 0 amide bonds. The summed E-state index contributed by atoms with van der Waals surface area (Å²) in [4.78, 5) is 10.5.